The van der Waals surface area contributed by atoms with Gasteiger partial charge in [-0.1, -0.05) is 0 Å². The molecule has 1 aliphatic heterocycles. The third-order valence-corrected chi connectivity index (χ3v) is 2.49. The number of hydrogen-bond acceptors (Lipinski definition) is 5. The molecule has 6 heteroatoms. The normalized spacial score (nSPS) is 19.9. The van der Waals surface area contributed by atoms with Gasteiger partial charge in [0.25, 0.3) is 0 Å². The Morgan fingerprint density at radius 1 is 1.56 bits per heavy atom. The quantitative estimate of drug-likeness (QED) is 0.735. The number of carbonyl (C=O) groups excluding carboxylic acids is 1. The molecule has 0 aromatic carbocycles. The van der Waals surface area contributed by atoms with Crippen molar-refractivity contribution in [2.24, 2.45) is 5.92 Å². The third kappa shape index (κ3) is 1.85. The molecule has 1 unspecified atom stereocenters. The zero-order chi connectivity index (χ0) is 11.5. The van der Waals surface area contributed by atoms with Crippen molar-refractivity contribution in [2.75, 3.05) is 18.1 Å². The average molecular weight is 218 g/mol. The predicted molar refractivity (Wildman–Crippen MR) is 54.3 cm³/mol. The molecule has 1 atom stereocenters. The van der Waals surface area contributed by atoms with Gasteiger partial charge in [-0.3, -0.25) is 9.69 Å². The number of hydrogen-bond donors (Lipinski definition) is 1. The van der Waals surface area contributed by atoms with Crippen molar-refractivity contribution < 1.29 is 9.90 Å². The minimum absolute atomic E-state index is 0.00799. The van der Waals surface area contributed by atoms with E-state index in [0.29, 0.717) is 18.8 Å². The molecule has 1 aliphatic rings. The first-order valence-electron chi connectivity index (χ1n) is 4.88. The Labute approximate surface area is 92.2 Å². The smallest absolute Gasteiger partial charge is 0.228 e. The molecule has 2 rings (SSSR count). The van der Waals surface area contributed by atoms with Gasteiger partial charge >= 0.3 is 0 Å². The van der Waals surface area contributed by atoms with Gasteiger partial charge in [0.2, 0.25) is 5.91 Å². The van der Waals surface area contributed by atoms with Crippen LogP contribution >= 0.6 is 0 Å². The van der Waals surface area contributed by atoms with Gasteiger partial charge in [-0.25, -0.2) is 9.97 Å². The van der Waals surface area contributed by atoms with E-state index in [0.717, 1.165) is 0 Å². The van der Waals surface area contributed by atoms with Crippen LogP contribution in [0, 0.1) is 17.2 Å². The third-order valence-electron chi connectivity index (χ3n) is 2.49. The van der Waals surface area contributed by atoms with Crippen molar-refractivity contribution in [3.63, 3.8) is 0 Å². The van der Waals surface area contributed by atoms with Crippen LogP contribution in [0.3, 0.4) is 0 Å². The summed E-state index contributed by atoms with van der Waals surface area (Å²) < 4.78 is 0. The van der Waals surface area contributed by atoms with E-state index in [1.807, 2.05) is 6.07 Å². The van der Waals surface area contributed by atoms with Crippen LogP contribution in [0.4, 0.5) is 5.82 Å². The summed E-state index contributed by atoms with van der Waals surface area (Å²) in [6.45, 7) is 0.446. The number of aliphatic hydroxyl groups excluding tert-OH is 1. The van der Waals surface area contributed by atoms with Gasteiger partial charge in [0, 0.05) is 25.5 Å². The van der Waals surface area contributed by atoms with Crippen molar-refractivity contribution in [3.8, 4) is 6.07 Å². The summed E-state index contributed by atoms with van der Waals surface area (Å²) in [5.41, 5.74) is 0.217. The second-order valence-corrected chi connectivity index (χ2v) is 3.63. The first-order chi connectivity index (χ1) is 7.74. The van der Waals surface area contributed by atoms with Crippen molar-refractivity contribution >= 4 is 11.7 Å². The maximum absolute atomic E-state index is 11.6. The molecule has 1 saturated heterocycles. The molecule has 1 N–H and O–H groups in total. The monoisotopic (exact) mass is 218 g/mol. The van der Waals surface area contributed by atoms with Crippen LogP contribution in [0.25, 0.3) is 0 Å². The molecular weight excluding hydrogens is 208 g/mol. The standard InChI is InChI=1S/C10H10N4O2/c11-2-8-3-13-9(4-12-8)14-5-7(6-15)1-10(14)16/h3-4,7,15H,1,5-6H2. The van der Waals surface area contributed by atoms with Crippen molar-refractivity contribution in [2.45, 2.75) is 6.42 Å². The SMILES string of the molecule is N#Cc1cnc(N2CC(CO)CC2=O)cn1. The fraction of sp³-hybridized carbons (Fsp3) is 0.400. The molecule has 16 heavy (non-hydrogen) atoms. The molecule has 0 radical (unpaired) electrons. The van der Waals surface area contributed by atoms with Gasteiger partial charge in [-0.15, -0.1) is 0 Å². The highest BCUT2D eigenvalue weighted by Crippen LogP contribution is 2.22. The van der Waals surface area contributed by atoms with Gasteiger partial charge in [0.1, 0.15) is 6.07 Å². The molecule has 82 valence electrons. The molecule has 1 amide bonds. The number of anilines is 1. The Morgan fingerprint density at radius 3 is 2.88 bits per heavy atom. The molecule has 0 bridgehead atoms. The number of rotatable bonds is 2. The van der Waals surface area contributed by atoms with Crippen LogP contribution < -0.4 is 4.90 Å². The summed E-state index contributed by atoms with van der Waals surface area (Å²) in [6.07, 6.45) is 3.06. The summed E-state index contributed by atoms with van der Waals surface area (Å²) in [6, 6.07) is 1.86. The van der Waals surface area contributed by atoms with Gasteiger partial charge in [-0.05, 0) is 0 Å². The van der Waals surface area contributed by atoms with E-state index in [1.165, 1.54) is 17.3 Å². The predicted octanol–water partition coefficient (Wildman–Crippen LogP) is -0.307. The molecule has 0 spiro atoms. The number of carbonyl (C=O) groups is 1. The van der Waals surface area contributed by atoms with Crippen LogP contribution in [0.2, 0.25) is 0 Å². The summed E-state index contributed by atoms with van der Waals surface area (Å²) in [4.78, 5) is 20.9. The van der Waals surface area contributed by atoms with E-state index in [2.05, 4.69) is 9.97 Å². The molecule has 2 heterocycles. The van der Waals surface area contributed by atoms with E-state index in [9.17, 15) is 4.79 Å². The molecule has 1 fully saturated rings. The lowest BCUT2D eigenvalue weighted by molar-refractivity contribution is -0.117. The molecule has 6 nitrogen and oxygen atoms in total. The lowest BCUT2D eigenvalue weighted by Gasteiger charge is -2.14. The Hall–Kier alpha value is -2.00. The van der Waals surface area contributed by atoms with Crippen molar-refractivity contribution in [1.82, 2.24) is 9.97 Å². The van der Waals surface area contributed by atoms with Crippen molar-refractivity contribution in [1.29, 1.82) is 5.26 Å². The van der Waals surface area contributed by atoms with Gasteiger partial charge in [0.05, 0.1) is 12.4 Å². The molecular formula is C10H10N4O2. The first-order valence-corrected chi connectivity index (χ1v) is 4.88. The topological polar surface area (TPSA) is 90.1 Å². The Bertz CT molecular complexity index is 437. The second kappa shape index (κ2) is 4.24. The largest absolute Gasteiger partial charge is 0.396 e. The van der Waals surface area contributed by atoms with Gasteiger partial charge in [0.15, 0.2) is 11.5 Å². The van der Waals surface area contributed by atoms with E-state index in [1.54, 1.807) is 0 Å². The second-order valence-electron chi connectivity index (χ2n) is 3.63. The number of nitrogens with zero attached hydrogens (tertiary/aromatic N) is 4. The van der Waals surface area contributed by atoms with Gasteiger partial charge in [-0.2, -0.15) is 5.26 Å². The highest BCUT2D eigenvalue weighted by molar-refractivity contribution is 5.94. The highest BCUT2D eigenvalue weighted by Gasteiger charge is 2.30. The minimum atomic E-state index is -0.0712. The van der Waals surface area contributed by atoms with Crippen LogP contribution in [0.15, 0.2) is 12.4 Å². The maximum atomic E-state index is 11.6. The maximum Gasteiger partial charge on any atom is 0.228 e. The van der Waals surface area contributed by atoms with Gasteiger partial charge < -0.3 is 5.11 Å². The van der Waals surface area contributed by atoms with E-state index < -0.39 is 0 Å². The average Bonchev–Trinajstić information content (AvgIpc) is 2.71. The number of nitriles is 1. The van der Waals surface area contributed by atoms with Crippen molar-refractivity contribution in [3.05, 3.63) is 18.1 Å². The van der Waals surface area contributed by atoms with E-state index in [4.69, 9.17) is 10.4 Å². The fourth-order valence-corrected chi connectivity index (χ4v) is 1.64. The Kier molecular flexibility index (Phi) is 2.79. The Balaban J connectivity index is 2.19. The van der Waals surface area contributed by atoms with Crippen LogP contribution in [0.1, 0.15) is 12.1 Å². The highest BCUT2D eigenvalue weighted by atomic mass is 16.3. The molecule has 1 aromatic heterocycles. The summed E-state index contributed by atoms with van der Waals surface area (Å²) in [5, 5.41) is 17.5. The minimum Gasteiger partial charge on any atom is -0.396 e. The summed E-state index contributed by atoms with van der Waals surface area (Å²) in [5.74, 6) is 0.322. The lowest BCUT2D eigenvalue weighted by Crippen LogP contribution is -2.26. The van der Waals surface area contributed by atoms with Crippen LogP contribution in [0.5, 0.6) is 0 Å². The summed E-state index contributed by atoms with van der Waals surface area (Å²) in [7, 11) is 0. The van der Waals surface area contributed by atoms with E-state index >= 15 is 0 Å². The van der Waals surface area contributed by atoms with Crippen LogP contribution in [-0.4, -0.2) is 34.1 Å². The molecule has 0 aliphatic carbocycles. The van der Waals surface area contributed by atoms with E-state index in [-0.39, 0.29) is 24.1 Å². The fourth-order valence-electron chi connectivity index (χ4n) is 1.64. The number of aromatic nitrogens is 2. The molecule has 1 aromatic rings. The van der Waals surface area contributed by atoms with Crippen LogP contribution in [-0.2, 0) is 4.79 Å². The zero-order valence-corrected chi connectivity index (χ0v) is 8.50. The first kappa shape index (κ1) is 10.5. The number of aliphatic hydroxyl groups is 1. The summed E-state index contributed by atoms with van der Waals surface area (Å²) >= 11 is 0. The lowest BCUT2D eigenvalue weighted by atomic mass is 10.1. The number of amides is 1. The molecule has 0 saturated carbocycles. The zero-order valence-electron chi connectivity index (χ0n) is 8.50. The Morgan fingerprint density at radius 2 is 2.38 bits per heavy atom.